The molecule has 1 heterocycles. The van der Waals surface area contributed by atoms with E-state index in [1.807, 2.05) is 17.6 Å². The van der Waals surface area contributed by atoms with Gasteiger partial charge in [-0.25, -0.2) is 0 Å². The summed E-state index contributed by atoms with van der Waals surface area (Å²) in [6, 6.07) is 13.4. The first-order valence-electron chi connectivity index (χ1n) is 9.66. The van der Waals surface area contributed by atoms with Gasteiger partial charge < -0.3 is 15.2 Å². The fourth-order valence-corrected chi connectivity index (χ4v) is 4.08. The summed E-state index contributed by atoms with van der Waals surface area (Å²) in [5.41, 5.74) is 1.04. The van der Waals surface area contributed by atoms with Crippen LogP contribution < -0.4 is 10.6 Å². The van der Waals surface area contributed by atoms with E-state index in [1.165, 1.54) is 11.8 Å². The number of hydrogen-bond donors (Lipinski definition) is 2. The number of allylic oxidation sites excluding steroid dienone is 1. The Morgan fingerprint density at radius 3 is 2.62 bits per heavy atom. The summed E-state index contributed by atoms with van der Waals surface area (Å²) in [6.07, 6.45) is 1.70. The molecule has 7 nitrogen and oxygen atoms in total. The summed E-state index contributed by atoms with van der Waals surface area (Å²) in [6.45, 7) is 6.03. The van der Waals surface area contributed by atoms with Crippen molar-refractivity contribution in [2.45, 2.75) is 24.7 Å². The lowest BCUT2D eigenvalue weighted by atomic mass is 10.2. The lowest BCUT2D eigenvalue weighted by Gasteiger charge is -2.15. The van der Waals surface area contributed by atoms with E-state index in [2.05, 4.69) is 27.4 Å². The van der Waals surface area contributed by atoms with Gasteiger partial charge in [-0.05, 0) is 37.3 Å². The SMILES string of the molecule is C=CCn1c(SCC(=O)Nc2ccc(Cl)cc2Cl)nnc1[C@@H](C)NC(=O)c1ccccc1. The first-order valence-corrected chi connectivity index (χ1v) is 11.4. The molecule has 0 fully saturated rings. The van der Waals surface area contributed by atoms with E-state index in [9.17, 15) is 9.59 Å². The van der Waals surface area contributed by atoms with Gasteiger partial charge in [0, 0.05) is 17.1 Å². The first kappa shape index (κ1) is 23.8. The molecular formula is C22H21Cl2N5O2S. The summed E-state index contributed by atoms with van der Waals surface area (Å²) in [4.78, 5) is 24.9. The molecule has 0 bridgehead atoms. The highest BCUT2D eigenvalue weighted by Gasteiger charge is 2.20. The predicted molar refractivity (Wildman–Crippen MR) is 128 cm³/mol. The summed E-state index contributed by atoms with van der Waals surface area (Å²) in [5, 5.41) is 15.5. The normalized spacial score (nSPS) is 11.6. The number of halogens is 2. The van der Waals surface area contributed by atoms with Gasteiger partial charge in [-0.3, -0.25) is 9.59 Å². The van der Waals surface area contributed by atoms with Crippen LogP contribution in [0.25, 0.3) is 0 Å². The van der Waals surface area contributed by atoms with E-state index in [1.54, 1.807) is 48.5 Å². The van der Waals surface area contributed by atoms with Crippen LogP contribution in [-0.4, -0.2) is 32.3 Å². The number of nitrogens with one attached hydrogen (secondary N) is 2. The van der Waals surface area contributed by atoms with Crippen LogP contribution in [0.2, 0.25) is 10.0 Å². The molecule has 0 spiro atoms. The van der Waals surface area contributed by atoms with Gasteiger partial charge in [-0.1, -0.05) is 59.2 Å². The van der Waals surface area contributed by atoms with Crippen LogP contribution in [0.4, 0.5) is 5.69 Å². The van der Waals surface area contributed by atoms with Crippen molar-refractivity contribution < 1.29 is 9.59 Å². The van der Waals surface area contributed by atoms with Crippen LogP contribution >= 0.6 is 35.0 Å². The molecule has 0 aliphatic rings. The van der Waals surface area contributed by atoms with Crippen molar-refractivity contribution in [2.24, 2.45) is 0 Å². The van der Waals surface area contributed by atoms with Gasteiger partial charge in [0.05, 0.1) is 22.5 Å². The van der Waals surface area contributed by atoms with Gasteiger partial charge in [0.25, 0.3) is 5.91 Å². The van der Waals surface area contributed by atoms with Gasteiger partial charge in [-0.15, -0.1) is 16.8 Å². The van der Waals surface area contributed by atoms with Gasteiger partial charge in [0.15, 0.2) is 11.0 Å². The van der Waals surface area contributed by atoms with Crippen molar-refractivity contribution in [1.29, 1.82) is 0 Å². The quantitative estimate of drug-likeness (QED) is 0.326. The molecule has 166 valence electrons. The maximum absolute atomic E-state index is 12.5. The third-order valence-corrected chi connectivity index (χ3v) is 5.88. The van der Waals surface area contributed by atoms with Crippen LogP contribution in [0.1, 0.15) is 29.1 Å². The lowest BCUT2D eigenvalue weighted by Crippen LogP contribution is -2.28. The third kappa shape index (κ3) is 6.12. The number of rotatable bonds is 9. The Morgan fingerprint density at radius 2 is 1.94 bits per heavy atom. The Hall–Kier alpha value is -2.81. The molecular weight excluding hydrogens is 469 g/mol. The van der Waals surface area contributed by atoms with Gasteiger partial charge >= 0.3 is 0 Å². The van der Waals surface area contributed by atoms with Crippen molar-refractivity contribution in [1.82, 2.24) is 20.1 Å². The van der Waals surface area contributed by atoms with E-state index in [0.29, 0.717) is 38.8 Å². The second-order valence-corrected chi connectivity index (χ2v) is 8.55. The molecule has 0 aliphatic heterocycles. The van der Waals surface area contributed by atoms with Crippen LogP contribution in [0.3, 0.4) is 0 Å². The second-order valence-electron chi connectivity index (χ2n) is 6.76. The number of carbonyl (C=O) groups is 2. The van der Waals surface area contributed by atoms with Crippen LogP contribution in [0, 0.1) is 0 Å². The van der Waals surface area contributed by atoms with Crippen molar-refractivity contribution in [2.75, 3.05) is 11.1 Å². The molecule has 1 aromatic heterocycles. The molecule has 10 heteroatoms. The topological polar surface area (TPSA) is 88.9 Å². The number of nitrogens with zero attached hydrogens (tertiary/aromatic N) is 3. The lowest BCUT2D eigenvalue weighted by molar-refractivity contribution is -0.113. The highest BCUT2D eigenvalue weighted by molar-refractivity contribution is 7.99. The maximum Gasteiger partial charge on any atom is 0.251 e. The fraction of sp³-hybridized carbons (Fsp3) is 0.182. The molecule has 3 aromatic rings. The van der Waals surface area contributed by atoms with E-state index in [4.69, 9.17) is 23.2 Å². The average molecular weight is 490 g/mol. The van der Waals surface area contributed by atoms with Crippen LogP contribution in [-0.2, 0) is 11.3 Å². The zero-order valence-corrected chi connectivity index (χ0v) is 19.5. The number of thioether (sulfide) groups is 1. The fourth-order valence-electron chi connectivity index (χ4n) is 2.87. The monoisotopic (exact) mass is 489 g/mol. The van der Waals surface area contributed by atoms with Crippen molar-refractivity contribution >= 4 is 52.5 Å². The van der Waals surface area contributed by atoms with E-state index >= 15 is 0 Å². The summed E-state index contributed by atoms with van der Waals surface area (Å²) in [5.74, 6) is 0.204. The number of anilines is 1. The summed E-state index contributed by atoms with van der Waals surface area (Å²) >= 11 is 13.2. The van der Waals surface area contributed by atoms with Gasteiger partial charge in [0.1, 0.15) is 0 Å². The third-order valence-electron chi connectivity index (χ3n) is 4.37. The van der Waals surface area contributed by atoms with Crippen molar-refractivity contribution in [3.05, 3.63) is 82.6 Å². The molecule has 0 unspecified atom stereocenters. The molecule has 0 radical (unpaired) electrons. The Balaban J connectivity index is 1.66. The molecule has 1 atom stereocenters. The number of aromatic nitrogens is 3. The van der Waals surface area contributed by atoms with Gasteiger partial charge in [0.2, 0.25) is 5.91 Å². The predicted octanol–water partition coefficient (Wildman–Crippen LogP) is 4.99. The molecule has 2 amide bonds. The van der Waals surface area contributed by atoms with Gasteiger partial charge in [-0.2, -0.15) is 0 Å². The average Bonchev–Trinajstić information content (AvgIpc) is 3.18. The van der Waals surface area contributed by atoms with Crippen LogP contribution in [0.15, 0.2) is 66.3 Å². The molecule has 32 heavy (non-hydrogen) atoms. The van der Waals surface area contributed by atoms with Crippen molar-refractivity contribution in [3.8, 4) is 0 Å². The second kappa shape index (κ2) is 11.2. The minimum Gasteiger partial charge on any atom is -0.342 e. The highest BCUT2D eigenvalue weighted by atomic mass is 35.5. The molecule has 0 aliphatic carbocycles. The Bertz CT molecular complexity index is 1120. The number of amides is 2. The number of benzene rings is 2. The minimum absolute atomic E-state index is 0.0962. The maximum atomic E-state index is 12.5. The van der Waals surface area contributed by atoms with E-state index in [0.717, 1.165) is 0 Å². The van der Waals surface area contributed by atoms with Crippen LogP contribution in [0.5, 0.6) is 0 Å². The molecule has 2 aromatic carbocycles. The summed E-state index contributed by atoms with van der Waals surface area (Å²) < 4.78 is 1.82. The zero-order valence-electron chi connectivity index (χ0n) is 17.2. The smallest absolute Gasteiger partial charge is 0.251 e. The largest absolute Gasteiger partial charge is 0.342 e. The Kier molecular flexibility index (Phi) is 8.33. The Morgan fingerprint density at radius 1 is 1.19 bits per heavy atom. The molecule has 3 rings (SSSR count). The Labute approximate surface area is 200 Å². The molecule has 0 saturated heterocycles. The van der Waals surface area contributed by atoms with E-state index in [-0.39, 0.29) is 17.6 Å². The van der Waals surface area contributed by atoms with Crippen molar-refractivity contribution in [3.63, 3.8) is 0 Å². The number of hydrogen-bond acceptors (Lipinski definition) is 5. The highest BCUT2D eigenvalue weighted by Crippen LogP contribution is 2.26. The molecule has 0 saturated carbocycles. The summed E-state index contributed by atoms with van der Waals surface area (Å²) in [7, 11) is 0. The number of carbonyl (C=O) groups excluding carboxylic acids is 2. The van der Waals surface area contributed by atoms with E-state index < -0.39 is 6.04 Å². The minimum atomic E-state index is -0.397. The standard InChI is InChI=1S/C22H21Cl2N5O2S/c1-3-11-29-20(14(2)25-21(31)15-7-5-4-6-8-15)27-28-22(29)32-13-19(30)26-18-10-9-16(23)12-17(18)24/h3-10,12,14H,1,11,13H2,2H3,(H,25,31)(H,26,30)/t14-/m1/s1. The first-order chi connectivity index (χ1) is 15.4. The zero-order chi connectivity index (χ0) is 23.1. The molecule has 2 N–H and O–H groups in total.